The maximum absolute atomic E-state index is 11.4. The van der Waals surface area contributed by atoms with Crippen molar-refractivity contribution in [1.82, 2.24) is 0 Å². The largest absolute Gasteiger partial charge is 2.00 e. The van der Waals surface area contributed by atoms with Crippen LogP contribution in [-0.2, 0) is 33.1 Å². The van der Waals surface area contributed by atoms with Gasteiger partial charge in [0, 0.05) is 6.07 Å². The van der Waals surface area contributed by atoms with Crippen LogP contribution in [0.1, 0.15) is 89.2 Å². The Hall–Kier alpha value is -2.84. The van der Waals surface area contributed by atoms with E-state index in [1.807, 2.05) is 24.3 Å². The molecule has 4 aromatic carbocycles. The molecule has 2 N–H and O–H groups in total. The van der Waals surface area contributed by atoms with E-state index in [1.54, 1.807) is 24.3 Å². The number of ether oxygens (including phenoxy) is 2. The summed E-state index contributed by atoms with van der Waals surface area (Å²) >= 11 is 0. The van der Waals surface area contributed by atoms with Crippen molar-refractivity contribution in [3.63, 3.8) is 0 Å². The zero-order chi connectivity index (χ0) is 36.6. The molecule has 0 aromatic heterocycles. The van der Waals surface area contributed by atoms with Gasteiger partial charge in [0.05, 0.1) is 4.90 Å². The number of rotatable bonds is 18. The molecule has 272 valence electrons. The van der Waals surface area contributed by atoms with Crippen LogP contribution in [-0.4, -0.2) is 68.8 Å². The summed E-state index contributed by atoms with van der Waals surface area (Å²) in [7, 11) is -9.27. The topological polar surface area (TPSA) is 173 Å². The smallest absolute Gasteiger partial charge is 0.872 e. The van der Waals surface area contributed by atoms with Gasteiger partial charge >= 0.3 is 37.7 Å². The Labute approximate surface area is 332 Å². The summed E-state index contributed by atoms with van der Waals surface area (Å²) in [5, 5.41) is 20.7. The molecule has 0 aliphatic rings. The van der Waals surface area contributed by atoms with E-state index < -0.39 is 35.8 Å². The summed E-state index contributed by atoms with van der Waals surface area (Å²) < 4.78 is 76.9. The molecular weight excluding hydrogens is 721 g/mol. The Morgan fingerprint density at radius 1 is 0.588 bits per heavy atom. The van der Waals surface area contributed by atoms with Gasteiger partial charge in [0.1, 0.15) is 43.8 Å². The van der Waals surface area contributed by atoms with Crippen LogP contribution in [0, 0.1) is 0 Å². The molecule has 0 spiro atoms. The standard InChI is InChI=1S/2C19H24O5S.Ca/c2*1-2-3-4-5-6-7-15-8-11-17(12-9-15)24-18-13-10-16(20)14-19(18)25(21,22)23;/h2*8-14,20H,2-7H2,1H3,(H,21,22,23);/q;;+2/p-2. The number of hydrogen-bond donors (Lipinski definition) is 2. The zero-order valence-electron chi connectivity index (χ0n) is 29.3. The van der Waals surface area contributed by atoms with Crippen molar-refractivity contribution in [2.75, 3.05) is 0 Å². The number of phenols is 1. The van der Waals surface area contributed by atoms with Crippen LogP contribution in [0.5, 0.6) is 34.5 Å². The minimum absolute atomic E-state index is 0. The Bertz CT molecular complexity index is 1710. The van der Waals surface area contributed by atoms with Crippen molar-refractivity contribution < 1.29 is 45.6 Å². The average molecular weight is 767 g/mol. The molecule has 0 atom stereocenters. The van der Waals surface area contributed by atoms with Crippen LogP contribution in [0.3, 0.4) is 0 Å². The van der Waals surface area contributed by atoms with Crippen molar-refractivity contribution in [1.29, 1.82) is 0 Å². The van der Waals surface area contributed by atoms with Crippen LogP contribution in [0.25, 0.3) is 0 Å². The Balaban J connectivity index is 0.000000347. The van der Waals surface area contributed by atoms with Crippen molar-refractivity contribution in [2.45, 2.75) is 101 Å². The van der Waals surface area contributed by atoms with Gasteiger partial charge in [-0.15, -0.1) is 5.75 Å². The van der Waals surface area contributed by atoms with Gasteiger partial charge in [0.15, 0.2) is 0 Å². The summed E-state index contributed by atoms with van der Waals surface area (Å²) in [6, 6.07) is 21.4. The second kappa shape index (κ2) is 22.3. The van der Waals surface area contributed by atoms with E-state index in [9.17, 15) is 36.2 Å². The first-order chi connectivity index (χ1) is 23.8. The number of aromatic hydroxyl groups is 1. The van der Waals surface area contributed by atoms with Gasteiger partial charge < -0.3 is 24.2 Å². The predicted molar refractivity (Wildman–Crippen MR) is 195 cm³/mol. The van der Waals surface area contributed by atoms with E-state index >= 15 is 0 Å². The first-order valence-electron chi connectivity index (χ1n) is 16.9. The van der Waals surface area contributed by atoms with Gasteiger partial charge in [0.25, 0.3) is 10.1 Å². The molecule has 4 rings (SSSR count). The molecule has 0 unspecified atom stereocenters. The van der Waals surface area contributed by atoms with Crippen LogP contribution in [0.4, 0.5) is 0 Å². The molecule has 0 bridgehead atoms. The van der Waals surface area contributed by atoms with Crippen molar-refractivity contribution >= 4 is 58.0 Å². The van der Waals surface area contributed by atoms with E-state index in [1.165, 1.54) is 80.7 Å². The van der Waals surface area contributed by atoms with Crippen LogP contribution in [0.2, 0.25) is 0 Å². The van der Waals surface area contributed by atoms with Crippen molar-refractivity contribution in [2.24, 2.45) is 0 Å². The SMILES string of the molecule is CCCCCCCc1ccc(Oc2ccc(O)cc2S(=O)(=O)O)cc1.CCCCCCCc1ccc(Oc2ccc([O-])cc2S(=O)(=O)[O-])cc1.[Ca+2]. The van der Waals surface area contributed by atoms with E-state index in [4.69, 9.17) is 9.47 Å². The number of phenolic OH excluding ortho intramolecular Hbond substituents is 1. The number of unbranched alkanes of at least 4 members (excludes halogenated alkanes) is 8. The van der Waals surface area contributed by atoms with E-state index in [2.05, 4.69) is 13.8 Å². The fourth-order valence-electron chi connectivity index (χ4n) is 5.12. The van der Waals surface area contributed by atoms with Gasteiger partial charge in [-0.25, -0.2) is 8.42 Å². The molecule has 0 amide bonds. The number of aryl methyl sites for hydroxylation is 2. The first-order valence-corrected chi connectivity index (χ1v) is 19.8. The maximum Gasteiger partial charge on any atom is 2.00 e. The Kier molecular flexibility index (Phi) is 19.4. The summed E-state index contributed by atoms with van der Waals surface area (Å²) in [6.07, 6.45) is 14.2. The van der Waals surface area contributed by atoms with E-state index in [0.717, 1.165) is 43.9 Å². The second-order valence-corrected chi connectivity index (χ2v) is 14.7. The minimum atomic E-state index is -4.78. The van der Waals surface area contributed by atoms with Gasteiger partial charge in [-0.2, -0.15) is 8.42 Å². The Morgan fingerprint density at radius 3 is 1.45 bits per heavy atom. The summed E-state index contributed by atoms with van der Waals surface area (Å²) in [4.78, 5) is -1.10. The quantitative estimate of drug-likeness (QED) is 0.0568. The van der Waals surface area contributed by atoms with E-state index in [0.29, 0.717) is 11.5 Å². The molecule has 0 saturated carbocycles. The minimum Gasteiger partial charge on any atom is -0.872 e. The fourth-order valence-corrected chi connectivity index (χ4v) is 6.37. The summed E-state index contributed by atoms with van der Waals surface area (Å²) in [6.45, 7) is 4.38. The van der Waals surface area contributed by atoms with Crippen molar-refractivity contribution in [3.8, 4) is 34.5 Å². The first kappa shape index (κ1) is 44.3. The average Bonchev–Trinajstić information content (AvgIpc) is 3.07. The molecule has 0 heterocycles. The number of benzene rings is 4. The molecule has 10 nitrogen and oxygen atoms in total. The molecular formula is C38H46CaO10S2. The molecule has 0 aliphatic carbocycles. The monoisotopic (exact) mass is 766 g/mol. The van der Waals surface area contributed by atoms with E-state index in [-0.39, 0.29) is 55.0 Å². The van der Waals surface area contributed by atoms with Crippen LogP contribution >= 0.6 is 0 Å². The molecule has 0 fully saturated rings. The Morgan fingerprint density at radius 2 is 1.02 bits per heavy atom. The molecule has 0 radical (unpaired) electrons. The second-order valence-electron chi connectivity index (χ2n) is 12.0. The predicted octanol–water partition coefficient (Wildman–Crippen LogP) is 8.53. The third kappa shape index (κ3) is 16.2. The zero-order valence-corrected chi connectivity index (χ0v) is 33.1. The van der Waals surface area contributed by atoms with Gasteiger partial charge in [-0.1, -0.05) is 95.5 Å². The van der Waals surface area contributed by atoms with Gasteiger partial charge in [-0.05, 0) is 85.3 Å². The van der Waals surface area contributed by atoms with Crippen LogP contribution < -0.4 is 14.6 Å². The fraction of sp³-hybridized carbons (Fsp3) is 0.368. The van der Waals surface area contributed by atoms with Gasteiger partial charge in [0.2, 0.25) is 0 Å². The third-order valence-electron chi connectivity index (χ3n) is 7.83. The molecule has 0 aliphatic heterocycles. The molecule has 0 saturated heterocycles. The normalized spacial score (nSPS) is 11.2. The third-order valence-corrected chi connectivity index (χ3v) is 9.56. The van der Waals surface area contributed by atoms with Crippen molar-refractivity contribution in [3.05, 3.63) is 96.1 Å². The molecule has 13 heteroatoms. The molecule has 4 aromatic rings. The van der Waals surface area contributed by atoms with Crippen LogP contribution in [0.15, 0.2) is 94.7 Å². The number of hydrogen-bond acceptors (Lipinski definition) is 9. The summed E-state index contributed by atoms with van der Waals surface area (Å²) in [5.41, 5.74) is 2.37. The molecule has 51 heavy (non-hydrogen) atoms. The maximum atomic E-state index is 11.4. The summed E-state index contributed by atoms with van der Waals surface area (Å²) in [5.74, 6) is -0.114. The van der Waals surface area contributed by atoms with Gasteiger partial charge in [-0.3, -0.25) is 4.55 Å².